The molecule has 0 saturated carbocycles. The largest absolute Gasteiger partial charge is 0.487 e. The highest BCUT2D eigenvalue weighted by molar-refractivity contribution is 5.97. The van der Waals surface area contributed by atoms with Crippen LogP contribution >= 0.6 is 0 Å². The van der Waals surface area contributed by atoms with E-state index in [-0.39, 0.29) is 41.8 Å². The average molecular weight is 398 g/mol. The van der Waals surface area contributed by atoms with Gasteiger partial charge in [0.25, 0.3) is 0 Å². The molecule has 2 aliphatic heterocycles. The van der Waals surface area contributed by atoms with Gasteiger partial charge in [-0.05, 0) is 24.6 Å². The number of hydrogen-bond donors (Lipinski definition) is 1. The molecule has 148 valence electrons. The predicted octanol–water partition coefficient (Wildman–Crippen LogP) is 3.45. The third kappa shape index (κ3) is 2.45. The van der Waals surface area contributed by atoms with Gasteiger partial charge in [-0.15, -0.1) is 0 Å². The lowest BCUT2D eigenvalue weighted by Gasteiger charge is -2.31. The van der Waals surface area contributed by atoms with Gasteiger partial charge >= 0.3 is 5.97 Å². The number of carbonyl (C=O) groups is 1. The monoisotopic (exact) mass is 398 g/mol. The van der Waals surface area contributed by atoms with Crippen molar-refractivity contribution in [3.63, 3.8) is 0 Å². The molecular weight excluding hydrogens is 382 g/mol. The summed E-state index contributed by atoms with van der Waals surface area (Å²) in [6.07, 6.45) is 1.28. The maximum Gasteiger partial charge on any atom is 0.341 e. The first-order valence-electron chi connectivity index (χ1n) is 9.15. The quantitative estimate of drug-likeness (QED) is 0.716. The molecule has 0 fully saturated rings. The first-order chi connectivity index (χ1) is 13.9. The third-order valence-electron chi connectivity index (χ3n) is 5.61. The van der Waals surface area contributed by atoms with Crippen LogP contribution in [-0.2, 0) is 13.1 Å². The Balaban J connectivity index is 1.77. The van der Waals surface area contributed by atoms with E-state index in [1.54, 1.807) is 21.6 Å². The van der Waals surface area contributed by atoms with Crippen LogP contribution in [0.25, 0.3) is 10.9 Å². The molecular formula is C21H16F2N2O4. The zero-order chi connectivity index (χ0) is 20.4. The maximum absolute atomic E-state index is 15.2. The Labute approximate surface area is 163 Å². The minimum Gasteiger partial charge on any atom is -0.487 e. The molecule has 0 amide bonds. The number of benzene rings is 2. The highest BCUT2D eigenvalue weighted by Crippen LogP contribution is 2.44. The minimum atomic E-state index is -1.36. The predicted molar refractivity (Wildman–Crippen MR) is 102 cm³/mol. The number of hydrogen-bond acceptors (Lipinski definition) is 4. The number of nitrogens with zero attached hydrogens (tertiary/aromatic N) is 2. The lowest BCUT2D eigenvalue weighted by molar-refractivity contribution is 0.0694. The van der Waals surface area contributed by atoms with Gasteiger partial charge in [0, 0.05) is 24.8 Å². The molecule has 0 radical (unpaired) electrons. The van der Waals surface area contributed by atoms with Gasteiger partial charge in [0.1, 0.15) is 23.7 Å². The molecule has 2 aliphatic rings. The molecule has 29 heavy (non-hydrogen) atoms. The number of ether oxygens (including phenoxy) is 1. The summed E-state index contributed by atoms with van der Waals surface area (Å²) in [4.78, 5) is 25.8. The van der Waals surface area contributed by atoms with Gasteiger partial charge in [0.05, 0.1) is 16.9 Å². The number of aromatic carboxylic acids is 1. The van der Waals surface area contributed by atoms with Crippen molar-refractivity contribution in [2.45, 2.75) is 26.1 Å². The molecule has 0 aliphatic carbocycles. The second-order valence-corrected chi connectivity index (χ2v) is 7.41. The van der Waals surface area contributed by atoms with Crippen LogP contribution in [0.4, 0.5) is 14.5 Å². The van der Waals surface area contributed by atoms with E-state index in [0.717, 1.165) is 11.6 Å². The van der Waals surface area contributed by atoms with Crippen molar-refractivity contribution < 1.29 is 23.4 Å². The number of fused-ring (bicyclic) bond motifs is 1. The Hall–Kier alpha value is -3.42. The SMILES string of the molecule is CC1COc2c(N3Cc4cccc(F)c4C3)c(F)cc3c(=O)c(C(=O)O)cn1c23. The zero-order valence-electron chi connectivity index (χ0n) is 15.4. The molecule has 1 N–H and O–H groups in total. The molecule has 6 nitrogen and oxygen atoms in total. The minimum absolute atomic E-state index is 0.0457. The molecule has 3 heterocycles. The zero-order valence-corrected chi connectivity index (χ0v) is 15.4. The number of carboxylic acids is 1. The first kappa shape index (κ1) is 17.7. The van der Waals surface area contributed by atoms with Crippen molar-refractivity contribution in [3.05, 3.63) is 69.0 Å². The van der Waals surface area contributed by atoms with E-state index in [1.165, 1.54) is 12.3 Å². The maximum atomic E-state index is 15.2. The van der Waals surface area contributed by atoms with Crippen LogP contribution in [0.5, 0.6) is 5.75 Å². The molecule has 2 aromatic carbocycles. The van der Waals surface area contributed by atoms with Crippen LogP contribution in [0.1, 0.15) is 34.5 Å². The van der Waals surface area contributed by atoms with Crippen molar-refractivity contribution >= 4 is 22.6 Å². The highest BCUT2D eigenvalue weighted by Gasteiger charge is 2.32. The number of anilines is 1. The summed E-state index contributed by atoms with van der Waals surface area (Å²) >= 11 is 0. The summed E-state index contributed by atoms with van der Waals surface area (Å²) in [5.74, 6) is -2.24. The van der Waals surface area contributed by atoms with Gasteiger partial charge in [-0.1, -0.05) is 12.1 Å². The molecule has 0 spiro atoms. The van der Waals surface area contributed by atoms with Gasteiger partial charge < -0.3 is 19.3 Å². The van der Waals surface area contributed by atoms with Crippen LogP contribution in [0.2, 0.25) is 0 Å². The van der Waals surface area contributed by atoms with E-state index < -0.39 is 22.8 Å². The van der Waals surface area contributed by atoms with Crippen molar-refractivity contribution in [2.24, 2.45) is 0 Å². The lowest BCUT2D eigenvalue weighted by Crippen LogP contribution is -2.28. The van der Waals surface area contributed by atoms with Crippen molar-refractivity contribution in [1.82, 2.24) is 4.57 Å². The smallest absolute Gasteiger partial charge is 0.341 e. The van der Waals surface area contributed by atoms with E-state index in [9.17, 15) is 19.1 Å². The van der Waals surface area contributed by atoms with Gasteiger partial charge in [0.15, 0.2) is 11.6 Å². The molecule has 1 aromatic heterocycles. The first-order valence-corrected chi connectivity index (χ1v) is 9.15. The van der Waals surface area contributed by atoms with E-state index in [4.69, 9.17) is 4.74 Å². The molecule has 1 atom stereocenters. The van der Waals surface area contributed by atoms with Gasteiger partial charge in [-0.3, -0.25) is 4.79 Å². The van der Waals surface area contributed by atoms with Crippen molar-refractivity contribution in [3.8, 4) is 5.75 Å². The summed E-state index contributed by atoms with van der Waals surface area (Å²) in [5, 5.41) is 9.31. The Morgan fingerprint density at radius 1 is 1.24 bits per heavy atom. The van der Waals surface area contributed by atoms with E-state index in [0.29, 0.717) is 17.6 Å². The molecule has 0 bridgehead atoms. The van der Waals surface area contributed by atoms with E-state index in [2.05, 4.69) is 0 Å². The Morgan fingerprint density at radius 3 is 2.76 bits per heavy atom. The Morgan fingerprint density at radius 2 is 2.03 bits per heavy atom. The van der Waals surface area contributed by atoms with Crippen LogP contribution in [0.15, 0.2) is 35.3 Å². The number of halogens is 2. The van der Waals surface area contributed by atoms with E-state index >= 15 is 4.39 Å². The topological polar surface area (TPSA) is 71.8 Å². The molecule has 3 aromatic rings. The van der Waals surface area contributed by atoms with Crippen molar-refractivity contribution in [1.29, 1.82) is 0 Å². The number of carboxylic acid groups (broad SMARTS) is 1. The summed E-state index contributed by atoms with van der Waals surface area (Å²) in [7, 11) is 0. The second-order valence-electron chi connectivity index (χ2n) is 7.41. The molecule has 5 rings (SSSR count). The van der Waals surface area contributed by atoms with Gasteiger partial charge in [0.2, 0.25) is 5.43 Å². The van der Waals surface area contributed by atoms with Crippen LogP contribution in [-0.4, -0.2) is 22.2 Å². The van der Waals surface area contributed by atoms with Crippen LogP contribution in [0, 0.1) is 11.6 Å². The highest BCUT2D eigenvalue weighted by atomic mass is 19.1. The fraction of sp³-hybridized carbons (Fsp3) is 0.238. The summed E-state index contributed by atoms with van der Waals surface area (Å²) in [6, 6.07) is 5.59. The van der Waals surface area contributed by atoms with E-state index in [1.807, 2.05) is 6.92 Å². The molecule has 0 saturated heterocycles. The van der Waals surface area contributed by atoms with Crippen LogP contribution in [0.3, 0.4) is 0 Å². The fourth-order valence-corrected chi connectivity index (χ4v) is 4.20. The van der Waals surface area contributed by atoms with Crippen molar-refractivity contribution in [2.75, 3.05) is 11.5 Å². The normalized spacial score (nSPS) is 17.3. The fourth-order valence-electron chi connectivity index (χ4n) is 4.20. The van der Waals surface area contributed by atoms with Crippen LogP contribution < -0.4 is 15.1 Å². The average Bonchev–Trinajstić information content (AvgIpc) is 3.10. The lowest BCUT2D eigenvalue weighted by atomic mass is 10.1. The number of rotatable bonds is 2. The summed E-state index contributed by atoms with van der Waals surface area (Å²) in [5.41, 5.74) is 0.591. The summed E-state index contributed by atoms with van der Waals surface area (Å²) < 4.78 is 36.8. The van der Waals surface area contributed by atoms with Gasteiger partial charge in [-0.2, -0.15) is 0 Å². The molecule has 1 unspecified atom stereocenters. The standard InChI is InChI=1S/C21H16F2N2O4/c1-10-9-29-20-17-12(19(26)14(21(27)28)8-25(10)17)5-16(23)18(20)24-6-11-3-2-4-15(22)13(11)7-24/h2-5,8,10H,6-7,9H2,1H3,(H,27,28). The molecule has 8 heteroatoms. The summed E-state index contributed by atoms with van der Waals surface area (Å²) in [6.45, 7) is 2.49. The Bertz CT molecular complexity index is 1270. The van der Waals surface area contributed by atoms with Gasteiger partial charge in [-0.25, -0.2) is 13.6 Å². The third-order valence-corrected chi connectivity index (χ3v) is 5.61. The number of pyridine rings is 1. The Kier molecular flexibility index (Phi) is 3.68. The second kappa shape index (κ2) is 6.04. The number of aromatic nitrogens is 1.